The van der Waals surface area contributed by atoms with E-state index >= 15 is 0 Å². The molecule has 1 aliphatic rings. The number of ether oxygens (including phenoxy) is 1. The second-order valence-corrected chi connectivity index (χ2v) is 7.35. The van der Waals surface area contributed by atoms with Crippen molar-refractivity contribution in [1.82, 2.24) is 14.9 Å². The molecule has 140 valence electrons. The van der Waals surface area contributed by atoms with Crippen molar-refractivity contribution in [3.63, 3.8) is 0 Å². The Morgan fingerprint density at radius 2 is 2.19 bits per heavy atom. The quantitative estimate of drug-likeness (QED) is 0.560. The van der Waals surface area contributed by atoms with E-state index in [4.69, 9.17) is 4.74 Å². The fourth-order valence-corrected chi connectivity index (χ4v) is 3.82. The molecule has 2 aromatic rings. The van der Waals surface area contributed by atoms with Crippen LogP contribution in [0.1, 0.15) is 48.9 Å². The largest absolute Gasteiger partial charge is 0.378 e. The minimum atomic E-state index is -0.0460. The fourth-order valence-electron chi connectivity index (χ4n) is 3.29. The summed E-state index contributed by atoms with van der Waals surface area (Å²) in [6.07, 6.45) is 13.2. The number of rotatable bonds is 8. The number of hydrogen-bond donors (Lipinski definition) is 1. The summed E-state index contributed by atoms with van der Waals surface area (Å²) < 4.78 is 7.89. The van der Waals surface area contributed by atoms with Gasteiger partial charge in [-0.25, -0.2) is 4.98 Å². The van der Waals surface area contributed by atoms with Gasteiger partial charge in [0, 0.05) is 36.8 Å². The number of aromatic nitrogens is 2. The van der Waals surface area contributed by atoms with Crippen molar-refractivity contribution >= 4 is 17.7 Å². The van der Waals surface area contributed by atoms with Crippen LogP contribution in [0.2, 0.25) is 0 Å². The van der Waals surface area contributed by atoms with Gasteiger partial charge in [-0.05, 0) is 43.7 Å². The average molecular weight is 374 g/mol. The zero-order chi connectivity index (χ0) is 18.2. The number of amides is 1. The van der Waals surface area contributed by atoms with Crippen molar-refractivity contribution in [3.05, 3.63) is 42.2 Å². The van der Waals surface area contributed by atoms with E-state index in [0.717, 1.165) is 23.9 Å². The molecule has 0 saturated heterocycles. The van der Waals surface area contributed by atoms with Crippen LogP contribution in [-0.2, 0) is 4.74 Å². The second-order valence-electron chi connectivity index (χ2n) is 6.57. The van der Waals surface area contributed by atoms with Crippen molar-refractivity contribution in [3.8, 4) is 5.69 Å². The number of nitrogens with zero attached hydrogens (tertiary/aromatic N) is 2. The number of imidazole rings is 1. The molecule has 0 bridgehead atoms. The molecule has 1 N–H and O–H groups in total. The lowest BCUT2D eigenvalue weighted by Gasteiger charge is -2.21. The highest BCUT2D eigenvalue weighted by molar-refractivity contribution is 7.98. The Morgan fingerprint density at radius 1 is 1.35 bits per heavy atom. The summed E-state index contributed by atoms with van der Waals surface area (Å²) in [6.45, 7) is 1.36. The summed E-state index contributed by atoms with van der Waals surface area (Å²) in [4.78, 5) is 16.7. The topological polar surface area (TPSA) is 56.2 Å². The van der Waals surface area contributed by atoms with E-state index in [1.165, 1.54) is 32.1 Å². The molecule has 0 spiro atoms. The van der Waals surface area contributed by atoms with Gasteiger partial charge in [-0.1, -0.05) is 37.1 Å². The molecule has 5 nitrogen and oxygen atoms in total. The standard InChI is InChI=1S/C20H27N3O2S/c1-26-20-22-12-13-23(20)17-8-5-7-16(15-17)19(24)21-11-6-14-25-18-9-3-2-4-10-18/h5,7-8,12-13,15,18H,2-4,6,9-11,14H2,1H3,(H,21,24). The SMILES string of the molecule is CSc1nccn1-c1cccc(C(=O)NCCCOC2CCCCC2)c1. The number of thioether (sulfide) groups is 1. The summed E-state index contributed by atoms with van der Waals surface area (Å²) in [7, 11) is 0. The Hall–Kier alpha value is -1.79. The smallest absolute Gasteiger partial charge is 0.251 e. The van der Waals surface area contributed by atoms with Crippen LogP contribution in [0.25, 0.3) is 5.69 Å². The molecule has 1 aliphatic carbocycles. The molecule has 0 aliphatic heterocycles. The third kappa shape index (κ3) is 5.11. The lowest BCUT2D eigenvalue weighted by atomic mass is 9.98. The molecular weight excluding hydrogens is 346 g/mol. The van der Waals surface area contributed by atoms with E-state index in [-0.39, 0.29) is 5.91 Å². The molecule has 0 unspecified atom stereocenters. The van der Waals surface area contributed by atoms with Gasteiger partial charge in [-0.15, -0.1) is 0 Å². The number of nitrogens with one attached hydrogen (secondary N) is 1. The molecule has 1 saturated carbocycles. The lowest BCUT2D eigenvalue weighted by Crippen LogP contribution is -2.26. The minimum Gasteiger partial charge on any atom is -0.378 e. The van der Waals surface area contributed by atoms with Crippen LogP contribution in [0.15, 0.2) is 41.8 Å². The summed E-state index contributed by atoms with van der Waals surface area (Å²) in [5, 5.41) is 3.89. The zero-order valence-electron chi connectivity index (χ0n) is 15.3. The molecule has 1 amide bonds. The summed E-state index contributed by atoms with van der Waals surface area (Å²) in [5.74, 6) is -0.0460. The fraction of sp³-hybridized carbons (Fsp3) is 0.500. The Morgan fingerprint density at radius 3 is 3.00 bits per heavy atom. The van der Waals surface area contributed by atoms with Gasteiger partial charge >= 0.3 is 0 Å². The molecule has 0 atom stereocenters. The van der Waals surface area contributed by atoms with Gasteiger partial charge in [0.15, 0.2) is 5.16 Å². The number of benzene rings is 1. The Labute approximate surface area is 159 Å². The van der Waals surface area contributed by atoms with E-state index in [1.54, 1.807) is 18.0 Å². The van der Waals surface area contributed by atoms with Gasteiger partial charge in [0.05, 0.1) is 6.10 Å². The number of carbonyl (C=O) groups is 1. The Balaban J connectivity index is 1.46. The summed E-state index contributed by atoms with van der Waals surface area (Å²) >= 11 is 1.58. The van der Waals surface area contributed by atoms with Crippen molar-refractivity contribution < 1.29 is 9.53 Å². The van der Waals surface area contributed by atoms with E-state index in [9.17, 15) is 4.79 Å². The van der Waals surface area contributed by atoms with E-state index in [1.807, 2.05) is 41.3 Å². The van der Waals surface area contributed by atoms with Gasteiger partial charge in [-0.2, -0.15) is 0 Å². The summed E-state index contributed by atoms with van der Waals surface area (Å²) in [5.41, 5.74) is 1.61. The maximum absolute atomic E-state index is 12.4. The first-order chi connectivity index (χ1) is 12.8. The Bertz CT molecular complexity index is 711. The van der Waals surface area contributed by atoms with Gasteiger partial charge in [-0.3, -0.25) is 9.36 Å². The van der Waals surface area contributed by atoms with Gasteiger partial charge in [0.2, 0.25) is 0 Å². The predicted octanol–water partition coefficient (Wildman–Crippen LogP) is 4.06. The minimum absolute atomic E-state index is 0.0460. The van der Waals surface area contributed by atoms with E-state index in [0.29, 0.717) is 18.2 Å². The highest BCUT2D eigenvalue weighted by Gasteiger charge is 2.13. The molecule has 6 heteroatoms. The molecule has 1 aromatic heterocycles. The highest BCUT2D eigenvalue weighted by atomic mass is 32.2. The summed E-state index contributed by atoms with van der Waals surface area (Å²) in [6, 6.07) is 7.62. The second kappa shape index (κ2) is 9.78. The van der Waals surface area contributed by atoms with Crippen LogP contribution in [0.5, 0.6) is 0 Å². The van der Waals surface area contributed by atoms with Crippen LogP contribution in [0.4, 0.5) is 0 Å². The molecule has 1 fully saturated rings. The third-order valence-electron chi connectivity index (χ3n) is 4.69. The molecule has 0 radical (unpaired) electrons. The number of carbonyl (C=O) groups excluding carboxylic acids is 1. The highest BCUT2D eigenvalue weighted by Crippen LogP contribution is 2.20. The normalized spacial score (nSPS) is 15.1. The molecule has 1 aromatic carbocycles. The van der Waals surface area contributed by atoms with Gasteiger partial charge < -0.3 is 10.1 Å². The van der Waals surface area contributed by atoms with Crippen LogP contribution in [0, 0.1) is 0 Å². The monoisotopic (exact) mass is 373 g/mol. The first kappa shape index (κ1) is 19.0. The van der Waals surface area contributed by atoms with E-state index in [2.05, 4.69) is 10.3 Å². The maximum Gasteiger partial charge on any atom is 0.251 e. The van der Waals surface area contributed by atoms with E-state index < -0.39 is 0 Å². The lowest BCUT2D eigenvalue weighted by molar-refractivity contribution is 0.0273. The Kier molecular flexibility index (Phi) is 7.14. The first-order valence-electron chi connectivity index (χ1n) is 9.35. The molecule has 3 rings (SSSR count). The van der Waals surface area contributed by atoms with Crippen LogP contribution >= 0.6 is 11.8 Å². The predicted molar refractivity (Wildman–Crippen MR) is 105 cm³/mol. The van der Waals surface area contributed by atoms with Gasteiger partial charge in [0.1, 0.15) is 0 Å². The number of hydrogen-bond acceptors (Lipinski definition) is 4. The van der Waals surface area contributed by atoms with Crippen LogP contribution in [-0.4, -0.2) is 41.0 Å². The van der Waals surface area contributed by atoms with Crippen molar-refractivity contribution in [2.45, 2.75) is 49.8 Å². The zero-order valence-corrected chi connectivity index (χ0v) is 16.1. The van der Waals surface area contributed by atoms with Crippen molar-refractivity contribution in [1.29, 1.82) is 0 Å². The van der Waals surface area contributed by atoms with Crippen LogP contribution in [0.3, 0.4) is 0 Å². The molecular formula is C20H27N3O2S. The molecule has 1 heterocycles. The maximum atomic E-state index is 12.4. The average Bonchev–Trinajstić information content (AvgIpc) is 3.17. The van der Waals surface area contributed by atoms with Crippen molar-refractivity contribution in [2.24, 2.45) is 0 Å². The van der Waals surface area contributed by atoms with Crippen molar-refractivity contribution in [2.75, 3.05) is 19.4 Å². The van der Waals surface area contributed by atoms with Crippen LogP contribution < -0.4 is 5.32 Å². The first-order valence-corrected chi connectivity index (χ1v) is 10.6. The van der Waals surface area contributed by atoms with Gasteiger partial charge in [0.25, 0.3) is 5.91 Å². The third-order valence-corrected chi connectivity index (χ3v) is 5.36. The molecule has 26 heavy (non-hydrogen) atoms.